The van der Waals surface area contributed by atoms with E-state index < -0.39 is 5.57 Å². The van der Waals surface area contributed by atoms with Crippen LogP contribution in [0, 0.1) is 5.92 Å². The first-order chi connectivity index (χ1) is 16.9. The van der Waals surface area contributed by atoms with E-state index in [1.165, 1.54) is 24.3 Å². The lowest BCUT2D eigenvalue weighted by atomic mass is 9.99. The Morgan fingerprint density at radius 2 is 1.89 bits per heavy atom. The maximum Gasteiger partial charge on any atom is 0.487 e. The van der Waals surface area contributed by atoms with Crippen LogP contribution in [0.5, 0.6) is 5.75 Å². The van der Waals surface area contributed by atoms with E-state index in [1.54, 1.807) is 12.4 Å². The van der Waals surface area contributed by atoms with E-state index in [4.69, 9.17) is 11.6 Å². The number of aromatic nitrogens is 2. The second-order valence-electron chi connectivity index (χ2n) is 9.08. The van der Waals surface area contributed by atoms with Gasteiger partial charge >= 0.3 is 5.57 Å². The molecule has 10 heteroatoms. The summed E-state index contributed by atoms with van der Waals surface area (Å²) in [4.78, 5) is 17.3. The second-order valence-corrected chi connectivity index (χ2v) is 9.52. The van der Waals surface area contributed by atoms with Crippen LogP contribution in [-0.2, 0) is 4.79 Å². The van der Waals surface area contributed by atoms with E-state index in [-0.39, 0.29) is 17.8 Å². The Bertz CT molecular complexity index is 1020. The summed E-state index contributed by atoms with van der Waals surface area (Å²) in [5, 5.41) is 9.83. The highest BCUT2D eigenvalue weighted by Gasteiger charge is 2.30. The zero-order valence-corrected chi connectivity index (χ0v) is 22.4. The van der Waals surface area contributed by atoms with Crippen molar-refractivity contribution in [3.05, 3.63) is 60.1 Å². The third-order valence-corrected chi connectivity index (χ3v) is 5.08. The summed E-state index contributed by atoms with van der Waals surface area (Å²) in [6.07, 6.45) is 6.27. The zero-order chi connectivity index (χ0) is 26.9. The molecule has 2 heterocycles. The monoisotopic (exact) mass is 523 g/mol. The molecule has 3 rings (SSSR count). The molecular weight excluding hydrogens is 488 g/mol. The van der Waals surface area contributed by atoms with Crippen LogP contribution in [0.15, 0.2) is 54.4 Å². The lowest BCUT2D eigenvalue weighted by Gasteiger charge is -2.40. The molecule has 0 saturated carbocycles. The van der Waals surface area contributed by atoms with Gasteiger partial charge in [0.05, 0.1) is 11.3 Å². The van der Waals surface area contributed by atoms with Crippen molar-refractivity contribution in [3.63, 3.8) is 0 Å². The lowest BCUT2D eigenvalue weighted by Crippen LogP contribution is -2.47. The van der Waals surface area contributed by atoms with Gasteiger partial charge in [0.25, 0.3) is 5.91 Å². The van der Waals surface area contributed by atoms with Crippen LogP contribution < -0.4 is 10.1 Å². The fourth-order valence-corrected chi connectivity index (χ4v) is 3.77. The van der Waals surface area contributed by atoms with Crippen molar-refractivity contribution in [2.75, 3.05) is 25.5 Å². The van der Waals surface area contributed by atoms with Gasteiger partial charge in [-0.25, -0.2) is 0 Å². The quantitative estimate of drug-likeness (QED) is 0.386. The van der Waals surface area contributed by atoms with Crippen LogP contribution in [-0.4, -0.2) is 57.8 Å². The van der Waals surface area contributed by atoms with Gasteiger partial charge in [-0.3, -0.25) is 14.8 Å². The third kappa shape index (κ3) is 8.95. The predicted octanol–water partition coefficient (Wildman–Crippen LogP) is 6.15. The summed E-state index contributed by atoms with van der Waals surface area (Å²) in [5.74, 6) is 0.390. The summed E-state index contributed by atoms with van der Waals surface area (Å²) >= 11 is 4.77. The number of H-pyrrole nitrogens is 1. The third-order valence-electron chi connectivity index (χ3n) is 5.00. The SMILES string of the molecule is CC(C)C.CCCN(CC)C1C(c2ccn[nH]2)=CC(C(=O)Nc2ccc(OC(F)(F)Cl)cc2)=CN1C. The summed E-state index contributed by atoms with van der Waals surface area (Å²) < 4.78 is 29.8. The van der Waals surface area contributed by atoms with Gasteiger partial charge in [0.1, 0.15) is 11.9 Å². The number of anilines is 1. The van der Waals surface area contributed by atoms with Gasteiger partial charge in [0.15, 0.2) is 0 Å². The molecule has 1 atom stereocenters. The normalized spacial score (nSPS) is 15.8. The molecule has 0 spiro atoms. The van der Waals surface area contributed by atoms with Crippen molar-refractivity contribution in [2.45, 2.75) is 52.8 Å². The number of ether oxygens (including phenoxy) is 1. The number of carbonyl (C=O) groups excluding carboxylic acids is 1. The fraction of sp³-hybridized carbons (Fsp3) is 0.462. The highest BCUT2D eigenvalue weighted by Crippen LogP contribution is 2.30. The lowest BCUT2D eigenvalue weighted by molar-refractivity contribution is -0.112. The number of aromatic amines is 1. The minimum atomic E-state index is -3.79. The van der Waals surface area contributed by atoms with E-state index in [0.29, 0.717) is 11.3 Å². The Labute approximate surface area is 217 Å². The van der Waals surface area contributed by atoms with Gasteiger partial charge in [-0.2, -0.15) is 5.10 Å². The number of carbonyl (C=O) groups is 1. The molecule has 0 saturated heterocycles. The first kappa shape index (κ1) is 29.3. The second kappa shape index (κ2) is 13.4. The van der Waals surface area contributed by atoms with Crippen molar-refractivity contribution in [1.29, 1.82) is 0 Å². The van der Waals surface area contributed by atoms with Gasteiger partial charge < -0.3 is 15.0 Å². The average Bonchev–Trinajstić information content (AvgIpc) is 3.32. The van der Waals surface area contributed by atoms with Gasteiger partial charge in [-0.05, 0) is 55.3 Å². The summed E-state index contributed by atoms with van der Waals surface area (Å²) in [6, 6.07) is 7.41. The fourth-order valence-electron chi connectivity index (χ4n) is 3.68. The highest BCUT2D eigenvalue weighted by atomic mass is 35.5. The number of nitrogens with one attached hydrogen (secondary N) is 2. The van der Waals surface area contributed by atoms with Gasteiger partial charge in [-0.1, -0.05) is 34.6 Å². The van der Waals surface area contributed by atoms with Crippen molar-refractivity contribution >= 4 is 28.8 Å². The van der Waals surface area contributed by atoms with Crippen molar-refractivity contribution in [2.24, 2.45) is 5.92 Å². The molecule has 1 aromatic carbocycles. The number of hydrogen-bond donors (Lipinski definition) is 2. The molecule has 1 unspecified atom stereocenters. The van der Waals surface area contributed by atoms with E-state index >= 15 is 0 Å². The minimum absolute atomic E-state index is 0.0504. The molecule has 0 fully saturated rings. The molecule has 0 bridgehead atoms. The molecule has 1 amide bonds. The molecule has 1 aliphatic rings. The van der Waals surface area contributed by atoms with E-state index in [0.717, 1.165) is 36.7 Å². The Kier molecular flexibility index (Phi) is 10.9. The smallest absolute Gasteiger partial charge is 0.420 e. The van der Waals surface area contributed by atoms with Gasteiger partial charge in [-0.15, -0.1) is 8.78 Å². The first-order valence-corrected chi connectivity index (χ1v) is 12.4. The van der Waals surface area contributed by atoms with Crippen molar-refractivity contribution < 1.29 is 18.3 Å². The number of hydrogen-bond acceptors (Lipinski definition) is 5. The predicted molar refractivity (Wildman–Crippen MR) is 141 cm³/mol. The van der Waals surface area contributed by atoms with Crippen LogP contribution in [0.25, 0.3) is 5.57 Å². The first-order valence-electron chi connectivity index (χ1n) is 12.0. The Balaban J connectivity index is 0.00000106. The van der Waals surface area contributed by atoms with Gasteiger partial charge in [0, 0.05) is 48.9 Å². The number of halogens is 3. The largest absolute Gasteiger partial charge is 0.487 e. The Morgan fingerprint density at radius 3 is 2.39 bits per heavy atom. The maximum atomic E-state index is 13.0. The molecule has 2 aromatic rings. The maximum absolute atomic E-state index is 13.0. The summed E-state index contributed by atoms with van der Waals surface area (Å²) in [5.41, 5.74) is -1.15. The van der Waals surface area contributed by atoms with Crippen LogP contribution >= 0.6 is 11.6 Å². The molecule has 0 aliphatic carbocycles. The van der Waals surface area contributed by atoms with E-state index in [9.17, 15) is 13.6 Å². The van der Waals surface area contributed by atoms with Crippen LogP contribution in [0.3, 0.4) is 0 Å². The van der Waals surface area contributed by atoms with E-state index in [1.807, 2.05) is 24.1 Å². The molecule has 7 nitrogen and oxygen atoms in total. The molecule has 1 aromatic heterocycles. The molecule has 1 aliphatic heterocycles. The molecule has 0 radical (unpaired) electrons. The molecule has 2 N–H and O–H groups in total. The number of rotatable bonds is 9. The number of amides is 1. The Hall–Kier alpha value is -2.91. The van der Waals surface area contributed by atoms with Crippen LogP contribution in [0.2, 0.25) is 0 Å². The summed E-state index contributed by atoms with van der Waals surface area (Å²) in [7, 11) is 1.93. The zero-order valence-electron chi connectivity index (χ0n) is 21.7. The molecule has 198 valence electrons. The number of nitrogens with zero attached hydrogens (tertiary/aromatic N) is 3. The Morgan fingerprint density at radius 1 is 1.25 bits per heavy atom. The number of likely N-dealkylation sites (N-methyl/N-ethyl adjacent to an activating group) is 2. The van der Waals surface area contributed by atoms with Crippen molar-refractivity contribution in [3.8, 4) is 5.75 Å². The summed E-state index contributed by atoms with van der Waals surface area (Å²) in [6.45, 7) is 12.5. The topological polar surface area (TPSA) is 73.5 Å². The highest BCUT2D eigenvalue weighted by molar-refractivity contribution is 6.20. The van der Waals surface area contributed by atoms with Gasteiger partial charge in [0.2, 0.25) is 0 Å². The van der Waals surface area contributed by atoms with Crippen LogP contribution in [0.1, 0.15) is 46.7 Å². The van der Waals surface area contributed by atoms with Crippen LogP contribution in [0.4, 0.5) is 14.5 Å². The average molecular weight is 524 g/mol. The molecule has 36 heavy (non-hydrogen) atoms. The minimum Gasteiger partial charge on any atom is -0.420 e. The standard InChI is InChI=1S/C22H26ClF2N5O2.C4H10/c1-4-12-30(5-2)21-18(19-10-11-26-28-19)13-15(14-29(21)3)20(31)27-16-6-8-17(9-7-16)32-22(23,24)25;1-4(2)3/h6-11,13-14,21H,4-5,12H2,1-3H3,(H,26,28)(H,27,31);4H,1-3H3. The van der Waals surface area contributed by atoms with Crippen molar-refractivity contribution in [1.82, 2.24) is 20.0 Å². The van der Waals surface area contributed by atoms with E-state index in [2.05, 4.69) is 59.8 Å². The molecular formula is C26H36ClF2N5O2. The number of benzene rings is 1. The number of alkyl halides is 3.